The molecule has 0 radical (unpaired) electrons. The number of hydrogen-bond acceptors (Lipinski definition) is 4. The smallest absolute Gasteiger partial charge is 0.247 e. The van der Waals surface area contributed by atoms with Crippen molar-refractivity contribution in [2.45, 2.75) is 13.5 Å². The monoisotopic (exact) mass is 343 g/mol. The summed E-state index contributed by atoms with van der Waals surface area (Å²) in [5.74, 6) is 1.10. The summed E-state index contributed by atoms with van der Waals surface area (Å²) in [4.78, 5) is 0. The third-order valence-electron chi connectivity index (χ3n) is 3.10. The Balaban J connectivity index is 1.69. The third-order valence-corrected chi connectivity index (χ3v) is 3.96. The van der Waals surface area contributed by atoms with Gasteiger partial charge in [0.1, 0.15) is 0 Å². The predicted molar refractivity (Wildman–Crippen MR) is 85.9 cm³/mol. The fourth-order valence-corrected chi connectivity index (χ4v) is 2.28. The first-order valence-electron chi connectivity index (χ1n) is 6.60. The van der Waals surface area contributed by atoms with Crippen molar-refractivity contribution in [2.24, 2.45) is 0 Å². The maximum absolute atomic E-state index is 5.65. The summed E-state index contributed by atoms with van der Waals surface area (Å²) >= 11 is 3.52. The number of rotatable bonds is 4. The van der Waals surface area contributed by atoms with Gasteiger partial charge in [0.2, 0.25) is 11.8 Å². The van der Waals surface area contributed by atoms with Crippen LogP contribution in [0, 0.1) is 6.92 Å². The quantitative estimate of drug-likeness (QED) is 0.761. The van der Waals surface area contributed by atoms with E-state index in [1.165, 1.54) is 5.56 Å². The Hall–Kier alpha value is -2.14. The minimum Gasteiger partial charge on any atom is -0.419 e. The van der Waals surface area contributed by atoms with E-state index in [0.29, 0.717) is 18.3 Å². The van der Waals surface area contributed by atoms with Crippen LogP contribution in [0.15, 0.2) is 57.4 Å². The highest BCUT2D eigenvalue weighted by Crippen LogP contribution is 2.21. The number of nitrogens with zero attached hydrogens (tertiary/aromatic N) is 2. The zero-order valence-electron chi connectivity index (χ0n) is 11.5. The van der Waals surface area contributed by atoms with Crippen molar-refractivity contribution in [1.82, 2.24) is 10.2 Å². The van der Waals surface area contributed by atoms with Gasteiger partial charge in [-0.05, 0) is 36.8 Å². The second kappa shape index (κ2) is 6.10. The number of nitrogens with one attached hydrogen (secondary N) is 1. The van der Waals surface area contributed by atoms with Crippen molar-refractivity contribution in [1.29, 1.82) is 0 Å². The molecule has 0 atom stereocenters. The lowest BCUT2D eigenvalue weighted by atomic mass is 10.2. The summed E-state index contributed by atoms with van der Waals surface area (Å²) in [6.07, 6.45) is 0. The van der Waals surface area contributed by atoms with Gasteiger partial charge in [0.25, 0.3) is 0 Å². The van der Waals surface area contributed by atoms with Crippen LogP contribution in [0.4, 0.5) is 5.69 Å². The second-order valence-electron chi connectivity index (χ2n) is 4.68. The fourth-order valence-electron chi connectivity index (χ4n) is 1.90. The van der Waals surface area contributed by atoms with E-state index in [9.17, 15) is 0 Å². The molecule has 0 spiro atoms. The molecule has 0 fully saturated rings. The SMILES string of the molecule is Cc1ccc(NCc2nnc(-c3ccccc3)o2)cc1Br. The van der Waals surface area contributed by atoms with Crippen LogP contribution in [0.25, 0.3) is 11.5 Å². The molecule has 0 unspecified atom stereocenters. The third kappa shape index (κ3) is 3.31. The van der Waals surface area contributed by atoms with Gasteiger partial charge < -0.3 is 9.73 Å². The lowest BCUT2D eigenvalue weighted by Gasteiger charge is -2.05. The Morgan fingerprint density at radius 1 is 1.10 bits per heavy atom. The van der Waals surface area contributed by atoms with Gasteiger partial charge in [0, 0.05) is 15.7 Å². The van der Waals surface area contributed by atoms with Crippen molar-refractivity contribution >= 4 is 21.6 Å². The van der Waals surface area contributed by atoms with Crippen LogP contribution in [0.3, 0.4) is 0 Å². The molecule has 21 heavy (non-hydrogen) atoms. The zero-order valence-corrected chi connectivity index (χ0v) is 13.1. The van der Waals surface area contributed by atoms with Crippen molar-refractivity contribution in [2.75, 3.05) is 5.32 Å². The molecule has 1 aromatic heterocycles. The second-order valence-corrected chi connectivity index (χ2v) is 5.54. The van der Waals surface area contributed by atoms with E-state index in [0.717, 1.165) is 15.7 Å². The molecule has 4 nitrogen and oxygen atoms in total. The first-order chi connectivity index (χ1) is 10.2. The van der Waals surface area contributed by atoms with Gasteiger partial charge in [0.15, 0.2) is 0 Å². The van der Waals surface area contributed by atoms with Gasteiger partial charge in [-0.15, -0.1) is 10.2 Å². The molecule has 5 heteroatoms. The highest BCUT2D eigenvalue weighted by atomic mass is 79.9. The van der Waals surface area contributed by atoms with Gasteiger partial charge in [-0.3, -0.25) is 0 Å². The molecule has 2 aromatic carbocycles. The van der Waals surface area contributed by atoms with Crippen molar-refractivity contribution in [3.63, 3.8) is 0 Å². The van der Waals surface area contributed by atoms with Gasteiger partial charge >= 0.3 is 0 Å². The van der Waals surface area contributed by atoms with Gasteiger partial charge in [-0.2, -0.15) is 0 Å². The van der Waals surface area contributed by atoms with Crippen LogP contribution >= 0.6 is 15.9 Å². The molecule has 1 N–H and O–H groups in total. The molecule has 0 aliphatic carbocycles. The van der Waals surface area contributed by atoms with Crippen molar-refractivity contribution < 1.29 is 4.42 Å². The molecule has 0 bridgehead atoms. The summed E-state index contributed by atoms with van der Waals surface area (Å²) < 4.78 is 6.72. The molecule has 0 saturated carbocycles. The number of halogens is 1. The van der Waals surface area contributed by atoms with Crippen LogP contribution in [0.1, 0.15) is 11.5 Å². The van der Waals surface area contributed by atoms with E-state index in [4.69, 9.17) is 4.42 Å². The van der Waals surface area contributed by atoms with E-state index in [1.807, 2.05) is 42.5 Å². The molecule has 3 aromatic rings. The lowest BCUT2D eigenvalue weighted by Crippen LogP contribution is -1.99. The van der Waals surface area contributed by atoms with Crippen molar-refractivity contribution in [3.8, 4) is 11.5 Å². The van der Waals surface area contributed by atoms with Crippen LogP contribution in [0.5, 0.6) is 0 Å². The minimum atomic E-state index is 0.495. The molecule has 0 saturated heterocycles. The first kappa shape index (κ1) is 13.8. The van der Waals surface area contributed by atoms with Crippen LogP contribution in [0.2, 0.25) is 0 Å². The van der Waals surface area contributed by atoms with E-state index in [1.54, 1.807) is 0 Å². The van der Waals surface area contributed by atoms with E-state index >= 15 is 0 Å². The van der Waals surface area contributed by atoms with Crippen LogP contribution in [-0.2, 0) is 6.54 Å². The number of anilines is 1. The van der Waals surface area contributed by atoms with Crippen LogP contribution < -0.4 is 5.32 Å². The van der Waals surface area contributed by atoms with Crippen LogP contribution in [-0.4, -0.2) is 10.2 Å². The molecular formula is C16H14BrN3O. The van der Waals surface area contributed by atoms with E-state index in [-0.39, 0.29) is 0 Å². The molecule has 0 amide bonds. The van der Waals surface area contributed by atoms with Crippen molar-refractivity contribution in [3.05, 3.63) is 64.5 Å². The Morgan fingerprint density at radius 3 is 2.67 bits per heavy atom. The molecule has 106 valence electrons. The molecule has 1 heterocycles. The molecular weight excluding hydrogens is 330 g/mol. The number of aryl methyl sites for hydroxylation is 1. The Labute approximate surface area is 131 Å². The van der Waals surface area contributed by atoms with Gasteiger partial charge in [-0.1, -0.05) is 40.2 Å². The average Bonchev–Trinajstić information content (AvgIpc) is 2.98. The normalized spacial score (nSPS) is 10.6. The average molecular weight is 344 g/mol. The lowest BCUT2D eigenvalue weighted by molar-refractivity contribution is 0.515. The molecule has 3 rings (SSSR count). The largest absolute Gasteiger partial charge is 0.419 e. The minimum absolute atomic E-state index is 0.495. The highest BCUT2D eigenvalue weighted by molar-refractivity contribution is 9.10. The summed E-state index contributed by atoms with van der Waals surface area (Å²) in [5.41, 5.74) is 3.13. The summed E-state index contributed by atoms with van der Waals surface area (Å²) in [7, 11) is 0. The standard InChI is InChI=1S/C16H14BrN3O/c1-11-7-8-13(9-14(11)17)18-10-15-19-20-16(21-15)12-5-3-2-4-6-12/h2-9,18H,10H2,1H3. The maximum atomic E-state index is 5.65. The molecule has 0 aliphatic rings. The van der Waals surface area contributed by atoms with Gasteiger partial charge in [-0.25, -0.2) is 0 Å². The Bertz CT molecular complexity index is 740. The fraction of sp³-hybridized carbons (Fsp3) is 0.125. The Morgan fingerprint density at radius 2 is 1.90 bits per heavy atom. The number of benzene rings is 2. The van der Waals surface area contributed by atoms with Gasteiger partial charge in [0.05, 0.1) is 6.54 Å². The van der Waals surface area contributed by atoms with E-state index < -0.39 is 0 Å². The summed E-state index contributed by atoms with van der Waals surface area (Å²) in [6, 6.07) is 15.8. The summed E-state index contributed by atoms with van der Waals surface area (Å²) in [6.45, 7) is 2.55. The topological polar surface area (TPSA) is 51.0 Å². The molecule has 0 aliphatic heterocycles. The number of aromatic nitrogens is 2. The zero-order chi connectivity index (χ0) is 14.7. The number of hydrogen-bond donors (Lipinski definition) is 1. The maximum Gasteiger partial charge on any atom is 0.247 e. The summed E-state index contributed by atoms with van der Waals surface area (Å²) in [5, 5.41) is 11.4. The van der Waals surface area contributed by atoms with E-state index in [2.05, 4.69) is 44.4 Å². The highest BCUT2D eigenvalue weighted by Gasteiger charge is 2.07. The Kier molecular flexibility index (Phi) is 4.01. The first-order valence-corrected chi connectivity index (χ1v) is 7.39. The predicted octanol–water partition coefficient (Wildman–Crippen LogP) is 4.42.